The SMILES string of the molecule is CSCCC(N)C(=O)NC(CC(N)=O)C(=O)NC(CC(N)=O)C(=O)NC(CC(=O)O)C(=O)O. The summed E-state index contributed by atoms with van der Waals surface area (Å²) < 4.78 is 0. The Balaban J connectivity index is 5.52. The molecule has 0 heterocycles. The molecule has 0 fully saturated rings. The minimum atomic E-state index is -1.86. The van der Waals surface area contributed by atoms with E-state index < -0.39 is 84.9 Å². The van der Waals surface area contributed by atoms with E-state index in [9.17, 15) is 33.6 Å². The number of hydrogen-bond acceptors (Lipinski definition) is 9. The van der Waals surface area contributed by atoms with Crippen LogP contribution in [0.5, 0.6) is 0 Å². The van der Waals surface area contributed by atoms with Gasteiger partial charge in [0.2, 0.25) is 29.5 Å². The van der Waals surface area contributed by atoms with Gasteiger partial charge in [0.05, 0.1) is 25.3 Å². The van der Waals surface area contributed by atoms with E-state index in [2.05, 4.69) is 10.6 Å². The first kappa shape index (κ1) is 29.6. The molecule has 0 rings (SSSR count). The summed E-state index contributed by atoms with van der Waals surface area (Å²) in [4.78, 5) is 81.9. The zero-order valence-corrected chi connectivity index (χ0v) is 18.6. The average molecular weight is 493 g/mol. The summed E-state index contributed by atoms with van der Waals surface area (Å²) in [5, 5.41) is 24.0. The van der Waals surface area contributed by atoms with Crippen LogP contribution in [0.3, 0.4) is 0 Å². The van der Waals surface area contributed by atoms with E-state index in [4.69, 9.17) is 27.4 Å². The molecule has 4 atom stereocenters. The minimum Gasteiger partial charge on any atom is -0.481 e. The molecule has 0 aromatic carbocycles. The molecule has 4 unspecified atom stereocenters. The molecule has 0 aliphatic rings. The molecule has 16 heteroatoms. The summed E-state index contributed by atoms with van der Waals surface area (Å²) in [7, 11) is 0. The number of aliphatic carboxylic acids is 2. The average Bonchev–Trinajstić information content (AvgIpc) is 2.68. The highest BCUT2D eigenvalue weighted by atomic mass is 32.2. The lowest BCUT2D eigenvalue weighted by Crippen LogP contribution is -2.58. The molecule has 0 aromatic rings. The minimum absolute atomic E-state index is 0.269. The van der Waals surface area contributed by atoms with Crippen molar-refractivity contribution in [2.75, 3.05) is 12.0 Å². The van der Waals surface area contributed by atoms with E-state index in [0.29, 0.717) is 5.75 Å². The van der Waals surface area contributed by atoms with Crippen LogP contribution < -0.4 is 33.2 Å². The fourth-order valence-electron chi connectivity index (χ4n) is 2.39. The van der Waals surface area contributed by atoms with Gasteiger partial charge in [0, 0.05) is 0 Å². The second-order valence-electron chi connectivity index (χ2n) is 6.85. The van der Waals surface area contributed by atoms with Gasteiger partial charge in [0.1, 0.15) is 18.1 Å². The number of primary amides is 2. The van der Waals surface area contributed by atoms with Gasteiger partial charge in [-0.2, -0.15) is 11.8 Å². The second kappa shape index (κ2) is 14.6. The molecule has 0 spiro atoms. The summed E-state index contributed by atoms with van der Waals surface area (Å²) in [6.45, 7) is 0. The van der Waals surface area contributed by atoms with E-state index in [-0.39, 0.29) is 6.42 Å². The van der Waals surface area contributed by atoms with Crippen LogP contribution in [0.25, 0.3) is 0 Å². The molecule has 0 saturated heterocycles. The summed E-state index contributed by atoms with van der Waals surface area (Å²) in [5.41, 5.74) is 15.9. The molecule has 0 aromatic heterocycles. The zero-order valence-electron chi connectivity index (χ0n) is 17.7. The molecule has 11 N–H and O–H groups in total. The first-order valence-electron chi connectivity index (χ1n) is 9.45. The van der Waals surface area contributed by atoms with E-state index in [1.54, 1.807) is 6.26 Å². The number of thioether (sulfide) groups is 1. The molecule has 15 nitrogen and oxygen atoms in total. The number of rotatable bonds is 16. The molecule has 33 heavy (non-hydrogen) atoms. The van der Waals surface area contributed by atoms with Gasteiger partial charge in [-0.1, -0.05) is 0 Å². The molecule has 0 aliphatic heterocycles. The van der Waals surface area contributed by atoms with Crippen LogP contribution in [0, 0.1) is 0 Å². The van der Waals surface area contributed by atoms with Gasteiger partial charge in [0.25, 0.3) is 0 Å². The lowest BCUT2D eigenvalue weighted by molar-refractivity contribution is -0.147. The summed E-state index contributed by atoms with van der Waals surface area (Å²) in [6.07, 6.45) is -0.378. The quantitative estimate of drug-likeness (QED) is 0.102. The smallest absolute Gasteiger partial charge is 0.326 e. The van der Waals surface area contributed by atoms with Crippen LogP contribution in [0.4, 0.5) is 0 Å². The largest absolute Gasteiger partial charge is 0.481 e. The maximum absolute atomic E-state index is 12.6. The Morgan fingerprint density at radius 2 is 1.18 bits per heavy atom. The molecule has 0 radical (unpaired) electrons. The lowest BCUT2D eigenvalue weighted by atomic mass is 10.1. The normalized spacial score (nSPS) is 14.1. The fraction of sp³-hybridized carbons (Fsp3) is 0.588. The summed E-state index contributed by atoms with van der Waals surface area (Å²) in [6, 6.07) is -6.16. The Kier molecular flexibility index (Phi) is 13.1. The van der Waals surface area contributed by atoms with E-state index in [0.717, 1.165) is 0 Å². The Bertz CT molecular complexity index is 778. The number of carboxylic acid groups (broad SMARTS) is 2. The van der Waals surface area contributed by atoms with Crippen molar-refractivity contribution in [3.8, 4) is 0 Å². The molecule has 0 saturated carbocycles. The first-order valence-corrected chi connectivity index (χ1v) is 10.8. The Morgan fingerprint density at radius 1 is 0.758 bits per heavy atom. The van der Waals surface area contributed by atoms with Crippen LogP contribution >= 0.6 is 11.8 Å². The Hall–Kier alpha value is -3.40. The highest BCUT2D eigenvalue weighted by molar-refractivity contribution is 7.98. The van der Waals surface area contributed by atoms with Gasteiger partial charge in [-0.15, -0.1) is 0 Å². The summed E-state index contributed by atoms with van der Waals surface area (Å²) in [5.74, 6) is -7.79. The van der Waals surface area contributed by atoms with Crippen molar-refractivity contribution in [3.63, 3.8) is 0 Å². The van der Waals surface area contributed by atoms with Gasteiger partial charge in [-0.05, 0) is 18.4 Å². The number of carboxylic acids is 2. The van der Waals surface area contributed by atoms with Crippen molar-refractivity contribution in [1.29, 1.82) is 0 Å². The van der Waals surface area contributed by atoms with Crippen molar-refractivity contribution in [2.24, 2.45) is 17.2 Å². The van der Waals surface area contributed by atoms with Gasteiger partial charge >= 0.3 is 11.9 Å². The predicted octanol–water partition coefficient (Wildman–Crippen LogP) is -4.17. The Morgan fingerprint density at radius 3 is 1.55 bits per heavy atom. The maximum Gasteiger partial charge on any atom is 0.326 e. The van der Waals surface area contributed by atoms with Crippen molar-refractivity contribution < 1.29 is 43.8 Å². The molecular formula is C17H28N6O9S. The van der Waals surface area contributed by atoms with Gasteiger partial charge in [-0.25, -0.2) is 4.79 Å². The third-order valence-electron chi connectivity index (χ3n) is 4.04. The van der Waals surface area contributed by atoms with Crippen molar-refractivity contribution in [1.82, 2.24) is 16.0 Å². The zero-order chi connectivity index (χ0) is 25.7. The van der Waals surface area contributed by atoms with Crippen LogP contribution in [0.1, 0.15) is 25.7 Å². The van der Waals surface area contributed by atoms with Crippen molar-refractivity contribution in [2.45, 2.75) is 49.9 Å². The standard InChI is InChI=1S/C17H28N6O9S/c1-33-3-2-7(18)14(28)21-8(4-11(19)24)15(29)22-9(5-12(20)25)16(30)23-10(17(31)32)6-13(26)27/h7-10H,2-6,18H2,1H3,(H2,19,24)(H2,20,25)(H,21,28)(H,22,29)(H,23,30)(H,26,27)(H,31,32). The maximum atomic E-state index is 12.6. The van der Waals surface area contributed by atoms with Gasteiger partial charge in [0.15, 0.2) is 0 Å². The van der Waals surface area contributed by atoms with Gasteiger partial charge in [-0.3, -0.25) is 28.8 Å². The predicted molar refractivity (Wildman–Crippen MR) is 114 cm³/mol. The second-order valence-corrected chi connectivity index (χ2v) is 7.83. The molecule has 0 aliphatic carbocycles. The van der Waals surface area contributed by atoms with Crippen LogP contribution in [-0.2, 0) is 33.6 Å². The number of nitrogens with two attached hydrogens (primary N) is 3. The van der Waals surface area contributed by atoms with Crippen LogP contribution in [0.2, 0.25) is 0 Å². The molecule has 5 amide bonds. The lowest BCUT2D eigenvalue weighted by Gasteiger charge is -2.24. The highest BCUT2D eigenvalue weighted by Gasteiger charge is 2.32. The van der Waals surface area contributed by atoms with E-state index in [1.807, 2.05) is 5.32 Å². The van der Waals surface area contributed by atoms with Crippen LogP contribution in [0.15, 0.2) is 0 Å². The van der Waals surface area contributed by atoms with Gasteiger partial charge < -0.3 is 43.4 Å². The third-order valence-corrected chi connectivity index (χ3v) is 4.68. The number of carbonyl (C=O) groups is 7. The number of hydrogen-bond donors (Lipinski definition) is 8. The van der Waals surface area contributed by atoms with E-state index >= 15 is 0 Å². The number of nitrogens with one attached hydrogen (secondary N) is 3. The number of carbonyl (C=O) groups excluding carboxylic acids is 5. The topological polar surface area (TPSA) is 274 Å². The third kappa shape index (κ3) is 12.3. The Labute approximate surface area is 192 Å². The van der Waals surface area contributed by atoms with Crippen molar-refractivity contribution >= 4 is 53.2 Å². The number of amides is 5. The first-order chi connectivity index (χ1) is 15.3. The highest BCUT2D eigenvalue weighted by Crippen LogP contribution is 2.03. The molecule has 186 valence electrons. The van der Waals surface area contributed by atoms with Crippen LogP contribution in [-0.4, -0.2) is 87.9 Å². The summed E-state index contributed by atoms with van der Waals surface area (Å²) >= 11 is 1.43. The molecule has 0 bridgehead atoms. The monoisotopic (exact) mass is 492 g/mol. The fourth-order valence-corrected chi connectivity index (χ4v) is 2.88. The molecular weight excluding hydrogens is 464 g/mol. The van der Waals surface area contributed by atoms with E-state index in [1.165, 1.54) is 11.8 Å². The van der Waals surface area contributed by atoms with Crippen molar-refractivity contribution in [3.05, 3.63) is 0 Å².